The third kappa shape index (κ3) is 16.8. The summed E-state index contributed by atoms with van der Waals surface area (Å²) in [6.45, 7) is 0.631. The maximum absolute atomic E-state index is 13.1. The van der Waals surface area contributed by atoms with Gasteiger partial charge in [-0.05, 0) is 38.5 Å². The van der Waals surface area contributed by atoms with Crippen molar-refractivity contribution >= 4 is 54.2 Å². The van der Waals surface area contributed by atoms with Crippen LogP contribution in [0.1, 0.15) is 38.5 Å². The number of nitrogens with zero attached hydrogens (tertiary/aromatic N) is 3. The first kappa shape index (κ1) is 36.0. The zero-order valence-corrected chi connectivity index (χ0v) is 23.2. The normalized spacial score (nSPS) is 13.4. The predicted molar refractivity (Wildman–Crippen MR) is 155 cm³/mol. The molecule has 3 amide bonds. The number of nitrogens with one attached hydrogen (secondary N) is 3. The Labute approximate surface area is 237 Å². The number of carboxylic acid groups (broad SMARTS) is 1. The van der Waals surface area contributed by atoms with Gasteiger partial charge in [0.15, 0.2) is 17.9 Å². The number of carbonyl (C=O) groups is 4. The van der Waals surface area contributed by atoms with Crippen LogP contribution in [0.5, 0.6) is 0 Å². The summed E-state index contributed by atoms with van der Waals surface area (Å²) in [6, 6.07) is -4.52. The average Bonchev–Trinajstić information content (AvgIpc) is 2.87. The number of rotatable bonds is 20. The number of hydrogen-bond donors (Lipinski definition) is 12. The number of hydrogen-bond acceptors (Lipinski definition) is 9. The Morgan fingerprint density at radius 3 is 1.43 bits per heavy atom. The van der Waals surface area contributed by atoms with Gasteiger partial charge in [-0.2, -0.15) is 12.6 Å². The van der Waals surface area contributed by atoms with Crippen molar-refractivity contribution in [2.24, 2.45) is 55.1 Å². The van der Waals surface area contributed by atoms with Gasteiger partial charge in [-0.3, -0.25) is 29.4 Å². The van der Waals surface area contributed by atoms with Crippen LogP contribution in [0, 0.1) is 0 Å². The van der Waals surface area contributed by atoms with Crippen molar-refractivity contribution in [1.29, 1.82) is 0 Å². The van der Waals surface area contributed by atoms with Gasteiger partial charge in [-0.25, -0.2) is 4.79 Å². The van der Waals surface area contributed by atoms with Crippen molar-refractivity contribution < 1.29 is 24.3 Å². The molecule has 0 saturated carbocycles. The summed E-state index contributed by atoms with van der Waals surface area (Å²) >= 11 is 4.10. The van der Waals surface area contributed by atoms with Crippen molar-refractivity contribution in [3.8, 4) is 0 Å². The SMILES string of the molecule is NC(N)=NCCC[C@H](NC(=O)[C@H](CS)NC(=O)[C@H](CCCN=C(N)N)NC(=O)[C@@H](N)CCCN=C(N)N)C(=O)O. The Kier molecular flexibility index (Phi) is 18.0. The molecule has 0 aliphatic carbocycles. The van der Waals surface area contributed by atoms with Crippen LogP contribution < -0.4 is 56.1 Å². The Morgan fingerprint density at radius 1 is 0.625 bits per heavy atom. The highest BCUT2D eigenvalue weighted by Gasteiger charge is 2.29. The van der Waals surface area contributed by atoms with Gasteiger partial charge in [0.2, 0.25) is 17.7 Å². The minimum atomic E-state index is -1.28. The summed E-state index contributed by atoms with van der Waals surface area (Å²) in [5, 5.41) is 16.9. The van der Waals surface area contributed by atoms with Crippen LogP contribution in [-0.4, -0.2) is 96.2 Å². The highest BCUT2D eigenvalue weighted by molar-refractivity contribution is 7.80. The number of thiol groups is 1. The maximum atomic E-state index is 13.1. The fourth-order valence-corrected chi connectivity index (χ4v) is 3.46. The molecule has 0 radical (unpaired) electrons. The standard InChI is InChI=1S/C21H43N13O5S/c22-11(4-1-7-29-19(23)24)15(35)32-12(5-2-8-30-20(25)26)16(36)34-14(10-40)17(37)33-13(18(38)39)6-3-9-31-21(27)28/h11-14,40H,1-10,22H2,(H,32,35)(H,33,37)(H,34,36)(H,38,39)(H4,23,24,29)(H4,25,26,30)(H4,27,28,31)/t11-,12-,13-,14-/m0/s1. The van der Waals surface area contributed by atoms with Gasteiger partial charge in [0.25, 0.3) is 0 Å². The minimum absolute atomic E-state index is 0.0373. The van der Waals surface area contributed by atoms with E-state index in [4.69, 9.17) is 40.1 Å². The Morgan fingerprint density at radius 2 is 1.00 bits per heavy atom. The van der Waals surface area contributed by atoms with E-state index in [1.54, 1.807) is 0 Å². The molecule has 0 aromatic heterocycles. The minimum Gasteiger partial charge on any atom is -0.480 e. The second-order valence-corrected chi connectivity index (χ2v) is 9.02. The summed E-state index contributed by atoms with van der Waals surface area (Å²) in [5.74, 6) is -3.88. The van der Waals surface area contributed by atoms with E-state index in [1.807, 2.05) is 0 Å². The van der Waals surface area contributed by atoms with E-state index < -0.39 is 47.9 Å². The molecule has 0 bridgehead atoms. The second-order valence-electron chi connectivity index (χ2n) is 8.66. The summed E-state index contributed by atoms with van der Waals surface area (Å²) in [4.78, 5) is 61.5. The first-order valence-corrected chi connectivity index (χ1v) is 13.1. The largest absolute Gasteiger partial charge is 0.480 e. The third-order valence-electron chi connectivity index (χ3n) is 5.26. The number of aliphatic carboxylic acids is 1. The zero-order valence-electron chi connectivity index (χ0n) is 22.3. The zero-order chi connectivity index (χ0) is 30.7. The number of guanidine groups is 3. The second kappa shape index (κ2) is 20.0. The molecule has 0 heterocycles. The number of nitrogens with two attached hydrogens (primary N) is 7. The van der Waals surface area contributed by atoms with E-state index in [-0.39, 0.29) is 68.9 Å². The molecule has 0 aliphatic heterocycles. The van der Waals surface area contributed by atoms with E-state index in [1.165, 1.54) is 0 Å². The molecule has 0 unspecified atom stereocenters. The number of carboxylic acids is 1. The first-order chi connectivity index (χ1) is 18.8. The lowest BCUT2D eigenvalue weighted by atomic mass is 10.1. The average molecular weight is 590 g/mol. The lowest BCUT2D eigenvalue weighted by Gasteiger charge is -2.24. The van der Waals surface area contributed by atoms with Crippen LogP contribution in [-0.2, 0) is 19.2 Å². The van der Waals surface area contributed by atoms with E-state index in [0.29, 0.717) is 12.8 Å². The molecular formula is C21H43N13O5S. The fourth-order valence-electron chi connectivity index (χ4n) is 3.20. The maximum Gasteiger partial charge on any atom is 0.326 e. The molecule has 19 heteroatoms. The lowest BCUT2D eigenvalue weighted by molar-refractivity contribution is -0.142. The third-order valence-corrected chi connectivity index (χ3v) is 5.62. The Hall–Kier alpha value is -4.00. The van der Waals surface area contributed by atoms with Gasteiger partial charge < -0.3 is 61.2 Å². The summed E-state index contributed by atoms with van der Waals surface area (Å²) in [5.41, 5.74) is 37.6. The van der Waals surface area contributed by atoms with Crippen LogP contribution in [0.25, 0.3) is 0 Å². The quantitative estimate of drug-likeness (QED) is 0.0274. The molecular weight excluding hydrogens is 546 g/mol. The monoisotopic (exact) mass is 589 g/mol. The highest BCUT2D eigenvalue weighted by atomic mass is 32.1. The number of amides is 3. The summed E-state index contributed by atoms with van der Waals surface area (Å²) in [7, 11) is 0. The van der Waals surface area contributed by atoms with Crippen molar-refractivity contribution in [2.75, 3.05) is 25.4 Å². The molecule has 4 atom stereocenters. The summed E-state index contributed by atoms with van der Waals surface area (Å²) < 4.78 is 0. The van der Waals surface area contributed by atoms with E-state index in [9.17, 15) is 24.3 Å². The molecule has 0 aliphatic rings. The van der Waals surface area contributed by atoms with Crippen LogP contribution in [0.4, 0.5) is 0 Å². The predicted octanol–water partition coefficient (Wildman–Crippen LogP) is -5.06. The van der Waals surface area contributed by atoms with E-state index in [0.717, 1.165) is 0 Å². The van der Waals surface area contributed by atoms with Crippen molar-refractivity contribution in [1.82, 2.24) is 16.0 Å². The van der Waals surface area contributed by atoms with Gasteiger partial charge in [0.05, 0.1) is 6.04 Å². The van der Waals surface area contributed by atoms with Gasteiger partial charge >= 0.3 is 5.97 Å². The lowest BCUT2D eigenvalue weighted by Crippen LogP contribution is -2.57. The van der Waals surface area contributed by atoms with Gasteiger partial charge in [0, 0.05) is 25.4 Å². The van der Waals surface area contributed by atoms with Crippen molar-refractivity contribution in [3.05, 3.63) is 0 Å². The molecule has 0 spiro atoms. The molecule has 0 rings (SSSR count). The van der Waals surface area contributed by atoms with Crippen molar-refractivity contribution in [3.63, 3.8) is 0 Å². The topological polar surface area (TPSA) is 344 Å². The van der Waals surface area contributed by atoms with Gasteiger partial charge in [0.1, 0.15) is 18.1 Å². The molecule has 0 saturated heterocycles. The highest BCUT2D eigenvalue weighted by Crippen LogP contribution is 2.05. The van der Waals surface area contributed by atoms with E-state index in [2.05, 4.69) is 43.6 Å². The van der Waals surface area contributed by atoms with Crippen molar-refractivity contribution in [2.45, 2.75) is 62.7 Å². The molecule has 40 heavy (non-hydrogen) atoms. The molecule has 18 N–H and O–H groups in total. The Balaban J connectivity index is 5.33. The molecule has 18 nitrogen and oxygen atoms in total. The smallest absolute Gasteiger partial charge is 0.326 e. The van der Waals surface area contributed by atoms with Crippen LogP contribution in [0.3, 0.4) is 0 Å². The Bertz CT molecular complexity index is 919. The fraction of sp³-hybridized carbons (Fsp3) is 0.667. The summed E-state index contributed by atoms with van der Waals surface area (Å²) in [6.07, 6.45) is 1.40. The van der Waals surface area contributed by atoms with Gasteiger partial charge in [-0.15, -0.1) is 0 Å². The van der Waals surface area contributed by atoms with Crippen LogP contribution in [0.2, 0.25) is 0 Å². The van der Waals surface area contributed by atoms with Gasteiger partial charge in [-0.1, -0.05) is 0 Å². The number of carbonyl (C=O) groups excluding carboxylic acids is 3. The van der Waals surface area contributed by atoms with Crippen LogP contribution >= 0.6 is 12.6 Å². The first-order valence-electron chi connectivity index (χ1n) is 12.4. The molecule has 0 aromatic rings. The molecule has 0 aromatic carbocycles. The van der Waals surface area contributed by atoms with Crippen LogP contribution in [0.15, 0.2) is 15.0 Å². The van der Waals surface area contributed by atoms with E-state index >= 15 is 0 Å². The molecule has 0 fully saturated rings. The molecule has 228 valence electrons. The number of aliphatic imine (C=N–C) groups is 3.